The second-order valence-electron chi connectivity index (χ2n) is 8.68. The molecule has 200 valence electrons. The van der Waals surface area contributed by atoms with Crippen molar-refractivity contribution in [1.29, 1.82) is 0 Å². The van der Waals surface area contributed by atoms with Crippen molar-refractivity contribution in [1.82, 2.24) is 19.1 Å². The van der Waals surface area contributed by atoms with Crippen LogP contribution in [-0.4, -0.2) is 58.8 Å². The first-order valence-electron chi connectivity index (χ1n) is 11.3. The van der Waals surface area contributed by atoms with Crippen LogP contribution < -0.4 is 4.90 Å². The third-order valence-corrected chi connectivity index (χ3v) is 8.28. The van der Waals surface area contributed by atoms with Crippen LogP contribution in [0.3, 0.4) is 0 Å². The van der Waals surface area contributed by atoms with E-state index in [-0.39, 0.29) is 29.6 Å². The minimum absolute atomic E-state index is 0.134. The number of aryl methyl sites for hydroxylation is 1. The standard InChI is InChI=1S/C24H20F5N5O3S/c1-14-16-11-20(32-7-9-33(10-8-32)38(36,37)15-5-3-2-4-6-15)30-13-19(16)34(31-14)18-12-17(24(27,28)29)21(25)23(35)22(18)26/h2-6,11-13,35H,7-10H2,1H3. The second kappa shape index (κ2) is 9.20. The smallest absolute Gasteiger partial charge is 0.419 e. The maximum atomic E-state index is 14.7. The van der Waals surface area contributed by atoms with E-state index < -0.39 is 44.8 Å². The van der Waals surface area contributed by atoms with E-state index in [1.54, 1.807) is 31.2 Å². The van der Waals surface area contributed by atoms with Gasteiger partial charge in [0.1, 0.15) is 11.5 Å². The summed E-state index contributed by atoms with van der Waals surface area (Å²) in [6.45, 7) is 2.62. The number of nitrogens with zero attached hydrogens (tertiary/aromatic N) is 5. The molecule has 0 saturated carbocycles. The molecule has 0 radical (unpaired) electrons. The van der Waals surface area contributed by atoms with Crippen LogP contribution in [-0.2, 0) is 16.2 Å². The van der Waals surface area contributed by atoms with E-state index in [9.17, 15) is 35.5 Å². The van der Waals surface area contributed by atoms with Crippen molar-refractivity contribution in [3.05, 3.63) is 71.6 Å². The molecule has 0 spiro atoms. The van der Waals surface area contributed by atoms with Gasteiger partial charge in [0.25, 0.3) is 0 Å². The molecule has 1 aliphatic rings. The highest BCUT2D eigenvalue weighted by molar-refractivity contribution is 7.89. The first kappa shape index (κ1) is 25.9. The minimum atomic E-state index is -5.18. The molecular weight excluding hydrogens is 533 g/mol. The number of halogens is 5. The lowest BCUT2D eigenvalue weighted by Crippen LogP contribution is -2.48. The molecule has 14 heteroatoms. The van der Waals surface area contributed by atoms with Crippen LogP contribution >= 0.6 is 0 Å². The summed E-state index contributed by atoms with van der Waals surface area (Å²) in [5, 5.41) is 14.2. The molecule has 1 fully saturated rings. The summed E-state index contributed by atoms with van der Waals surface area (Å²) in [6.07, 6.45) is -3.89. The van der Waals surface area contributed by atoms with Crippen LogP contribution in [0.5, 0.6) is 5.75 Å². The third kappa shape index (κ3) is 4.32. The first-order chi connectivity index (χ1) is 17.9. The Morgan fingerprint density at radius 1 is 0.974 bits per heavy atom. The molecule has 1 aliphatic heterocycles. The number of benzene rings is 2. The molecule has 1 N–H and O–H groups in total. The van der Waals surface area contributed by atoms with E-state index in [2.05, 4.69) is 10.1 Å². The van der Waals surface area contributed by atoms with Crippen LogP contribution in [0.2, 0.25) is 0 Å². The largest absolute Gasteiger partial charge is 0.503 e. The van der Waals surface area contributed by atoms with Gasteiger partial charge in [-0.1, -0.05) is 18.2 Å². The molecule has 3 heterocycles. The Morgan fingerprint density at radius 2 is 1.63 bits per heavy atom. The van der Waals surface area contributed by atoms with Gasteiger partial charge < -0.3 is 10.0 Å². The lowest BCUT2D eigenvalue weighted by molar-refractivity contribution is -0.140. The van der Waals surface area contributed by atoms with Gasteiger partial charge in [0.15, 0.2) is 17.4 Å². The Hall–Kier alpha value is -3.78. The van der Waals surface area contributed by atoms with Gasteiger partial charge in [0.2, 0.25) is 10.0 Å². The quantitative estimate of drug-likeness (QED) is 0.380. The van der Waals surface area contributed by atoms with Gasteiger partial charge in [0, 0.05) is 31.6 Å². The van der Waals surface area contributed by atoms with E-state index in [4.69, 9.17) is 0 Å². The number of aromatic hydroxyl groups is 1. The average molecular weight is 554 g/mol. The molecular formula is C24H20F5N5O3S. The Bertz CT molecular complexity index is 1630. The van der Waals surface area contributed by atoms with E-state index in [1.807, 2.05) is 4.90 Å². The van der Waals surface area contributed by atoms with E-state index in [0.29, 0.717) is 30.0 Å². The zero-order valence-corrected chi connectivity index (χ0v) is 20.6. The molecule has 8 nitrogen and oxygen atoms in total. The van der Waals surface area contributed by atoms with Crippen LogP contribution in [0.4, 0.5) is 27.8 Å². The molecule has 0 atom stereocenters. The molecule has 2 aromatic heterocycles. The zero-order valence-electron chi connectivity index (χ0n) is 19.7. The number of piperazine rings is 1. The van der Waals surface area contributed by atoms with Gasteiger partial charge in [-0.2, -0.15) is 22.6 Å². The highest BCUT2D eigenvalue weighted by Gasteiger charge is 2.38. The number of aromatic nitrogens is 3. The topological polar surface area (TPSA) is 91.6 Å². The van der Waals surface area contributed by atoms with Gasteiger partial charge >= 0.3 is 6.18 Å². The van der Waals surface area contributed by atoms with Crippen molar-refractivity contribution < 1.29 is 35.5 Å². The van der Waals surface area contributed by atoms with Gasteiger partial charge in [-0.05, 0) is 31.2 Å². The number of rotatable bonds is 4. The summed E-state index contributed by atoms with van der Waals surface area (Å²) in [4.78, 5) is 6.38. The molecule has 38 heavy (non-hydrogen) atoms. The lowest BCUT2D eigenvalue weighted by Gasteiger charge is -2.34. The molecule has 0 aliphatic carbocycles. The fourth-order valence-corrected chi connectivity index (χ4v) is 5.82. The SMILES string of the molecule is Cc1nn(-c2cc(C(F)(F)F)c(F)c(O)c2F)c2cnc(N3CCN(S(=O)(=O)c4ccccc4)CC3)cc12. The molecule has 5 rings (SSSR count). The van der Waals surface area contributed by atoms with E-state index in [0.717, 1.165) is 4.68 Å². The van der Waals surface area contributed by atoms with Gasteiger partial charge in [-0.15, -0.1) is 0 Å². The van der Waals surface area contributed by atoms with Crippen molar-refractivity contribution in [3.63, 3.8) is 0 Å². The Kier molecular flexibility index (Phi) is 6.26. The summed E-state index contributed by atoms with van der Waals surface area (Å²) in [5.74, 6) is -5.00. The van der Waals surface area contributed by atoms with Crippen molar-refractivity contribution in [2.45, 2.75) is 18.0 Å². The average Bonchev–Trinajstić information content (AvgIpc) is 3.22. The van der Waals surface area contributed by atoms with Crippen LogP contribution in [0, 0.1) is 18.6 Å². The number of sulfonamides is 1. The monoisotopic (exact) mass is 553 g/mol. The number of pyridine rings is 1. The summed E-state index contributed by atoms with van der Waals surface area (Å²) in [7, 11) is -3.65. The molecule has 0 unspecified atom stereocenters. The summed E-state index contributed by atoms with van der Waals surface area (Å²) in [5.41, 5.74) is -2.16. The van der Waals surface area contributed by atoms with Gasteiger partial charge in [0.05, 0.1) is 27.9 Å². The number of anilines is 1. The van der Waals surface area contributed by atoms with Crippen LogP contribution in [0.15, 0.2) is 53.6 Å². The maximum absolute atomic E-state index is 14.7. The number of phenols is 1. The van der Waals surface area contributed by atoms with Crippen LogP contribution in [0.1, 0.15) is 11.3 Å². The Morgan fingerprint density at radius 3 is 2.26 bits per heavy atom. The van der Waals surface area contributed by atoms with Crippen molar-refractivity contribution in [2.24, 2.45) is 0 Å². The highest BCUT2D eigenvalue weighted by atomic mass is 32.2. The molecule has 2 aromatic carbocycles. The third-order valence-electron chi connectivity index (χ3n) is 6.37. The molecule has 1 saturated heterocycles. The van der Waals surface area contributed by atoms with Gasteiger partial charge in [-0.3, -0.25) is 0 Å². The normalized spacial score (nSPS) is 15.4. The number of fused-ring (bicyclic) bond motifs is 1. The highest BCUT2D eigenvalue weighted by Crippen LogP contribution is 2.39. The predicted octanol–water partition coefficient (Wildman–Crippen LogP) is 4.24. The van der Waals surface area contributed by atoms with Crippen molar-refractivity contribution in [3.8, 4) is 11.4 Å². The summed E-state index contributed by atoms with van der Waals surface area (Å²) >= 11 is 0. The van der Waals surface area contributed by atoms with Gasteiger partial charge in [-0.25, -0.2) is 26.9 Å². The van der Waals surface area contributed by atoms with Crippen molar-refractivity contribution in [2.75, 3.05) is 31.1 Å². The fraction of sp³-hybridized carbons (Fsp3) is 0.250. The minimum Gasteiger partial charge on any atom is -0.503 e. The maximum Gasteiger partial charge on any atom is 0.419 e. The molecule has 0 bridgehead atoms. The Labute approximate surface area is 213 Å². The molecule has 0 amide bonds. The summed E-state index contributed by atoms with van der Waals surface area (Å²) in [6, 6.07) is 9.93. The van der Waals surface area contributed by atoms with Crippen LogP contribution in [0.25, 0.3) is 16.6 Å². The van der Waals surface area contributed by atoms with E-state index >= 15 is 0 Å². The lowest BCUT2D eigenvalue weighted by atomic mass is 10.1. The number of alkyl halides is 3. The zero-order chi connectivity index (χ0) is 27.4. The second-order valence-corrected chi connectivity index (χ2v) is 10.6. The number of hydrogen-bond donors (Lipinski definition) is 1. The number of hydrogen-bond acceptors (Lipinski definition) is 6. The molecule has 4 aromatic rings. The Balaban J connectivity index is 1.45. The fourth-order valence-electron chi connectivity index (χ4n) is 4.38. The predicted molar refractivity (Wildman–Crippen MR) is 128 cm³/mol. The first-order valence-corrected chi connectivity index (χ1v) is 12.8. The number of phenolic OH excluding ortho intramolecular Hbond substituents is 1. The van der Waals surface area contributed by atoms with Crippen molar-refractivity contribution >= 4 is 26.7 Å². The summed E-state index contributed by atoms with van der Waals surface area (Å²) < 4.78 is 96.4. The van der Waals surface area contributed by atoms with E-state index in [1.165, 1.54) is 22.6 Å².